The van der Waals surface area contributed by atoms with Gasteiger partial charge in [0.15, 0.2) is 0 Å². The third kappa shape index (κ3) is 13.0. The number of carbonyl (C=O) groups is 2. The number of nitrogens with one attached hydrogen (secondary N) is 3. The van der Waals surface area contributed by atoms with Crippen LogP contribution in [0.2, 0.25) is 0 Å². The maximum atomic E-state index is 9.10. The molecule has 8 heteroatoms. The minimum atomic E-state index is -1.82. The smallest absolute Gasteiger partial charge is 0.414 e. The van der Waals surface area contributed by atoms with Gasteiger partial charge in [-0.2, -0.15) is 0 Å². The van der Waals surface area contributed by atoms with Crippen LogP contribution in [0.4, 0.5) is 0 Å². The lowest BCUT2D eigenvalue weighted by Gasteiger charge is -2.21. The summed E-state index contributed by atoms with van der Waals surface area (Å²) in [6, 6.07) is 0. The Morgan fingerprint density at radius 2 is 1.11 bits per heavy atom. The van der Waals surface area contributed by atoms with Crippen LogP contribution in [0.5, 0.6) is 0 Å². The number of carboxylic acids is 2. The molecule has 2 fully saturated rings. The van der Waals surface area contributed by atoms with E-state index >= 15 is 0 Å². The van der Waals surface area contributed by atoms with Crippen molar-refractivity contribution >= 4 is 11.9 Å². The van der Waals surface area contributed by atoms with Gasteiger partial charge in [0.25, 0.3) is 0 Å². The Hall–Kier alpha value is -1.22. The minimum Gasteiger partial charge on any atom is -0.473 e. The highest BCUT2D eigenvalue weighted by Gasteiger charge is 2.04. The Labute approximate surface area is 113 Å². The third-order valence-corrected chi connectivity index (χ3v) is 2.48. The number of hydrogen-bond acceptors (Lipinski definition) is 6. The van der Waals surface area contributed by atoms with Crippen molar-refractivity contribution in [2.24, 2.45) is 0 Å². The predicted octanol–water partition coefficient (Wildman–Crippen LogP) is -2.14. The van der Waals surface area contributed by atoms with Gasteiger partial charge in [0.2, 0.25) is 0 Å². The molecule has 19 heavy (non-hydrogen) atoms. The highest BCUT2D eigenvalue weighted by atomic mass is 16.4. The normalized spacial score (nSPS) is 19.2. The van der Waals surface area contributed by atoms with Crippen LogP contribution in [0.3, 0.4) is 0 Å². The minimum absolute atomic E-state index is 1.14. The van der Waals surface area contributed by atoms with E-state index in [-0.39, 0.29) is 0 Å². The second-order valence-electron chi connectivity index (χ2n) is 4.16. The lowest BCUT2D eigenvalue weighted by atomic mass is 10.4. The van der Waals surface area contributed by atoms with Gasteiger partial charge in [-0.25, -0.2) is 9.59 Å². The Bertz CT molecular complexity index is 230. The molecule has 0 atom stereocenters. The van der Waals surface area contributed by atoms with Crippen LogP contribution >= 0.6 is 0 Å². The molecule has 5 N–H and O–H groups in total. The van der Waals surface area contributed by atoms with E-state index in [4.69, 9.17) is 19.8 Å². The summed E-state index contributed by atoms with van der Waals surface area (Å²) in [6.45, 7) is 9.30. The average Bonchev–Trinajstić information content (AvgIpc) is 2.43. The number of nitrogens with zero attached hydrogens (tertiary/aromatic N) is 1. The van der Waals surface area contributed by atoms with Crippen molar-refractivity contribution < 1.29 is 19.8 Å². The van der Waals surface area contributed by atoms with Crippen LogP contribution in [0.15, 0.2) is 0 Å². The van der Waals surface area contributed by atoms with E-state index < -0.39 is 11.9 Å². The maximum absolute atomic E-state index is 9.10. The molecule has 0 unspecified atom stereocenters. The van der Waals surface area contributed by atoms with Gasteiger partial charge in [-0.1, -0.05) is 0 Å². The Morgan fingerprint density at radius 3 is 1.26 bits per heavy atom. The van der Waals surface area contributed by atoms with E-state index in [9.17, 15) is 0 Å². The van der Waals surface area contributed by atoms with Crippen LogP contribution < -0.4 is 16.0 Å². The zero-order chi connectivity index (χ0) is 14.5. The molecule has 0 aromatic carbocycles. The number of aliphatic carboxylic acids is 2. The molecule has 0 aromatic rings. The van der Waals surface area contributed by atoms with Crippen LogP contribution in [-0.2, 0) is 9.59 Å². The molecule has 2 aliphatic rings. The van der Waals surface area contributed by atoms with Crippen molar-refractivity contribution in [3.05, 3.63) is 0 Å². The summed E-state index contributed by atoms with van der Waals surface area (Å²) in [5, 5.41) is 24.5. The van der Waals surface area contributed by atoms with E-state index in [1.807, 2.05) is 0 Å². The SMILES string of the molecule is C1CNCCN1.CN1CCNCC1.O=C(O)C(=O)O. The van der Waals surface area contributed by atoms with Gasteiger partial charge in [0, 0.05) is 52.4 Å². The Balaban J connectivity index is 0.000000257. The second-order valence-corrected chi connectivity index (χ2v) is 4.16. The van der Waals surface area contributed by atoms with Crippen LogP contribution in [0, 0.1) is 0 Å². The Kier molecular flexibility index (Phi) is 11.1. The van der Waals surface area contributed by atoms with Crippen molar-refractivity contribution in [1.82, 2.24) is 20.9 Å². The number of carboxylic acid groups (broad SMARTS) is 2. The first kappa shape index (κ1) is 17.8. The fourth-order valence-electron chi connectivity index (χ4n) is 1.38. The van der Waals surface area contributed by atoms with Gasteiger partial charge in [-0.3, -0.25) is 0 Å². The average molecular weight is 276 g/mol. The van der Waals surface area contributed by atoms with Crippen LogP contribution in [0.1, 0.15) is 0 Å². The van der Waals surface area contributed by atoms with Gasteiger partial charge in [0.05, 0.1) is 0 Å². The molecule has 0 aromatic heterocycles. The van der Waals surface area contributed by atoms with Crippen LogP contribution in [-0.4, -0.2) is 86.5 Å². The van der Waals surface area contributed by atoms with E-state index in [0.29, 0.717) is 0 Å². The molecule has 0 saturated carbocycles. The van der Waals surface area contributed by atoms with Crippen molar-refractivity contribution in [3.63, 3.8) is 0 Å². The number of likely N-dealkylation sites (N-methyl/N-ethyl adjacent to an activating group) is 1. The highest BCUT2D eigenvalue weighted by molar-refractivity contribution is 6.27. The van der Waals surface area contributed by atoms with Crippen molar-refractivity contribution in [2.45, 2.75) is 0 Å². The van der Waals surface area contributed by atoms with Gasteiger partial charge in [-0.05, 0) is 7.05 Å². The van der Waals surface area contributed by atoms with Gasteiger partial charge >= 0.3 is 11.9 Å². The molecule has 112 valence electrons. The van der Waals surface area contributed by atoms with Crippen molar-refractivity contribution in [1.29, 1.82) is 0 Å². The van der Waals surface area contributed by atoms with E-state index in [2.05, 4.69) is 27.9 Å². The quantitative estimate of drug-likeness (QED) is 0.318. The van der Waals surface area contributed by atoms with Gasteiger partial charge < -0.3 is 31.1 Å². The molecule has 0 amide bonds. The summed E-state index contributed by atoms with van der Waals surface area (Å²) in [4.78, 5) is 20.5. The third-order valence-electron chi connectivity index (χ3n) is 2.48. The van der Waals surface area contributed by atoms with Crippen molar-refractivity contribution in [3.8, 4) is 0 Å². The fraction of sp³-hybridized carbons (Fsp3) is 0.818. The monoisotopic (exact) mass is 276 g/mol. The molecule has 0 bridgehead atoms. The van der Waals surface area contributed by atoms with E-state index in [1.165, 1.54) is 13.1 Å². The van der Waals surface area contributed by atoms with Crippen LogP contribution in [0.25, 0.3) is 0 Å². The summed E-state index contributed by atoms with van der Waals surface area (Å²) in [6.07, 6.45) is 0. The number of rotatable bonds is 0. The van der Waals surface area contributed by atoms with Gasteiger partial charge in [0.1, 0.15) is 0 Å². The molecule has 0 spiro atoms. The number of piperazine rings is 2. The summed E-state index contributed by atoms with van der Waals surface area (Å²) in [5.74, 6) is -3.65. The van der Waals surface area contributed by atoms with E-state index in [0.717, 1.165) is 39.3 Å². The fourth-order valence-corrected chi connectivity index (χ4v) is 1.38. The molecule has 2 saturated heterocycles. The lowest BCUT2D eigenvalue weighted by Crippen LogP contribution is -2.40. The standard InChI is InChI=1S/C5H12N2.C4H10N2.C2H2O4/c1-7-4-2-6-3-5-7;1-2-6-4-3-5-1;3-1(4)2(5)6/h6H,2-5H2,1H3;5-6H,1-4H2;(H,3,4)(H,5,6). The zero-order valence-corrected chi connectivity index (χ0v) is 11.3. The number of hydrogen-bond donors (Lipinski definition) is 5. The van der Waals surface area contributed by atoms with E-state index in [1.54, 1.807) is 0 Å². The molecule has 0 radical (unpaired) electrons. The molecule has 8 nitrogen and oxygen atoms in total. The first-order valence-electron chi connectivity index (χ1n) is 6.31. The van der Waals surface area contributed by atoms with Crippen molar-refractivity contribution in [2.75, 3.05) is 59.4 Å². The molecule has 2 aliphatic heterocycles. The maximum Gasteiger partial charge on any atom is 0.414 e. The molecule has 2 heterocycles. The molecule has 0 aliphatic carbocycles. The topological polar surface area (TPSA) is 114 Å². The molecular formula is C11H24N4O4. The summed E-state index contributed by atoms with van der Waals surface area (Å²) in [7, 11) is 2.15. The molecular weight excluding hydrogens is 252 g/mol. The zero-order valence-electron chi connectivity index (χ0n) is 11.3. The lowest BCUT2D eigenvalue weighted by molar-refractivity contribution is -0.159. The highest BCUT2D eigenvalue weighted by Crippen LogP contribution is 1.83. The first-order chi connectivity index (χ1) is 9.04. The predicted molar refractivity (Wildman–Crippen MR) is 71.4 cm³/mol. The first-order valence-corrected chi connectivity index (χ1v) is 6.31. The summed E-state index contributed by atoms with van der Waals surface area (Å²) < 4.78 is 0. The van der Waals surface area contributed by atoms with Gasteiger partial charge in [-0.15, -0.1) is 0 Å². The Morgan fingerprint density at radius 1 is 0.789 bits per heavy atom. The second kappa shape index (κ2) is 11.8. The summed E-state index contributed by atoms with van der Waals surface area (Å²) >= 11 is 0. The largest absolute Gasteiger partial charge is 0.473 e. The summed E-state index contributed by atoms with van der Waals surface area (Å²) in [5.41, 5.74) is 0. The molecule has 2 rings (SSSR count).